The van der Waals surface area contributed by atoms with Crippen molar-refractivity contribution in [3.63, 3.8) is 0 Å². The van der Waals surface area contributed by atoms with Crippen LogP contribution in [0, 0.1) is 11.7 Å². The van der Waals surface area contributed by atoms with E-state index in [0.717, 1.165) is 22.3 Å². The van der Waals surface area contributed by atoms with Crippen LogP contribution in [0.1, 0.15) is 41.0 Å². The van der Waals surface area contributed by atoms with Crippen molar-refractivity contribution >= 4 is 5.97 Å². The molecule has 1 heterocycles. The smallest absolute Gasteiger partial charge is 0.310 e. The minimum absolute atomic E-state index is 0.194. The predicted molar refractivity (Wildman–Crippen MR) is 109 cm³/mol. The summed E-state index contributed by atoms with van der Waals surface area (Å²) in [5.41, 5.74) is 3.99. The highest BCUT2D eigenvalue weighted by atomic mass is 19.1. The Morgan fingerprint density at radius 1 is 0.933 bits per heavy atom. The second-order valence-corrected chi connectivity index (χ2v) is 7.53. The van der Waals surface area contributed by atoms with E-state index in [1.165, 1.54) is 12.1 Å². The summed E-state index contributed by atoms with van der Waals surface area (Å²) in [5, 5.41) is 0. The van der Waals surface area contributed by atoms with Gasteiger partial charge in [0.25, 0.3) is 0 Å². The molecule has 30 heavy (non-hydrogen) atoms. The third-order valence-electron chi connectivity index (χ3n) is 5.93. The first-order valence-corrected chi connectivity index (χ1v) is 10.1. The minimum atomic E-state index is -0.465. The summed E-state index contributed by atoms with van der Waals surface area (Å²) in [6, 6.07) is 20.2. The summed E-state index contributed by atoms with van der Waals surface area (Å²) < 4.78 is 30.1. The van der Waals surface area contributed by atoms with Crippen molar-refractivity contribution in [3.8, 4) is 11.5 Å². The van der Waals surface area contributed by atoms with Gasteiger partial charge in [-0.25, -0.2) is 4.39 Å². The second kappa shape index (κ2) is 7.48. The van der Waals surface area contributed by atoms with Crippen LogP contribution in [0.25, 0.3) is 0 Å². The van der Waals surface area contributed by atoms with Gasteiger partial charge in [-0.15, -0.1) is 0 Å². The van der Waals surface area contributed by atoms with Crippen molar-refractivity contribution < 1.29 is 23.4 Å². The Hall–Kier alpha value is -3.34. The number of hydrogen-bond acceptors (Lipinski definition) is 4. The van der Waals surface area contributed by atoms with Gasteiger partial charge in [-0.1, -0.05) is 42.5 Å². The summed E-state index contributed by atoms with van der Waals surface area (Å²) in [4.78, 5) is 13.2. The number of carbonyl (C=O) groups excluding carboxylic acids is 1. The molecule has 1 aliphatic heterocycles. The Morgan fingerprint density at radius 3 is 2.27 bits per heavy atom. The van der Waals surface area contributed by atoms with Crippen LogP contribution in [0.2, 0.25) is 0 Å². The fraction of sp³-hybridized carbons (Fsp3) is 0.240. The number of esters is 1. The van der Waals surface area contributed by atoms with Gasteiger partial charge in [0, 0.05) is 11.8 Å². The van der Waals surface area contributed by atoms with Gasteiger partial charge in [0.15, 0.2) is 11.5 Å². The maximum absolute atomic E-state index is 13.6. The molecule has 0 saturated heterocycles. The highest BCUT2D eigenvalue weighted by Crippen LogP contribution is 2.53. The standard InChI is InChI=1S/C25H21FO4/c1-2-28-25(27)24-22(15-7-10-17(26)11-8-15)18-5-3-4-6-19(18)23(24)16-9-12-20-21(13-16)30-14-29-20/h3-13,22-24H,2,14H2,1H3. The molecule has 4 nitrogen and oxygen atoms in total. The Labute approximate surface area is 174 Å². The highest BCUT2D eigenvalue weighted by molar-refractivity contribution is 5.79. The summed E-state index contributed by atoms with van der Waals surface area (Å²) in [7, 11) is 0. The maximum Gasteiger partial charge on any atom is 0.310 e. The van der Waals surface area contributed by atoms with Gasteiger partial charge in [-0.05, 0) is 53.4 Å². The minimum Gasteiger partial charge on any atom is -0.466 e. The van der Waals surface area contributed by atoms with E-state index < -0.39 is 5.92 Å². The van der Waals surface area contributed by atoms with Crippen molar-refractivity contribution in [1.82, 2.24) is 0 Å². The number of carbonyl (C=O) groups is 1. The maximum atomic E-state index is 13.6. The van der Waals surface area contributed by atoms with E-state index in [9.17, 15) is 9.18 Å². The van der Waals surface area contributed by atoms with Crippen molar-refractivity contribution in [2.75, 3.05) is 13.4 Å². The number of rotatable bonds is 4. The van der Waals surface area contributed by atoms with Crippen LogP contribution >= 0.6 is 0 Å². The molecule has 0 saturated carbocycles. The van der Waals surface area contributed by atoms with E-state index in [1.807, 2.05) is 43.3 Å². The second-order valence-electron chi connectivity index (χ2n) is 7.53. The van der Waals surface area contributed by atoms with Gasteiger partial charge in [0.05, 0.1) is 12.5 Å². The van der Waals surface area contributed by atoms with Crippen molar-refractivity contribution in [1.29, 1.82) is 0 Å². The van der Waals surface area contributed by atoms with E-state index in [1.54, 1.807) is 12.1 Å². The Kier molecular flexibility index (Phi) is 4.66. The molecule has 0 amide bonds. The molecular formula is C25H21FO4. The van der Waals surface area contributed by atoms with E-state index in [2.05, 4.69) is 6.07 Å². The van der Waals surface area contributed by atoms with Crippen LogP contribution in [-0.2, 0) is 9.53 Å². The van der Waals surface area contributed by atoms with Gasteiger partial charge in [-0.3, -0.25) is 4.79 Å². The van der Waals surface area contributed by atoms with Gasteiger partial charge in [0.2, 0.25) is 6.79 Å². The normalized spacial score (nSPS) is 21.3. The molecular weight excluding hydrogens is 383 g/mol. The van der Waals surface area contributed by atoms with Crippen LogP contribution < -0.4 is 9.47 Å². The zero-order valence-corrected chi connectivity index (χ0v) is 16.5. The molecule has 152 valence electrons. The average Bonchev–Trinajstić information content (AvgIpc) is 3.36. The molecule has 0 bridgehead atoms. The largest absolute Gasteiger partial charge is 0.466 e. The van der Waals surface area contributed by atoms with Gasteiger partial charge in [-0.2, -0.15) is 0 Å². The van der Waals surface area contributed by atoms with Crippen LogP contribution in [0.4, 0.5) is 4.39 Å². The molecule has 5 rings (SSSR count). The Morgan fingerprint density at radius 2 is 1.57 bits per heavy atom. The molecule has 1 aliphatic carbocycles. The summed E-state index contributed by atoms with van der Waals surface area (Å²) >= 11 is 0. The lowest BCUT2D eigenvalue weighted by molar-refractivity contribution is -0.148. The van der Waals surface area contributed by atoms with E-state index in [0.29, 0.717) is 18.1 Å². The van der Waals surface area contributed by atoms with Crippen molar-refractivity contribution in [3.05, 3.63) is 94.8 Å². The molecule has 0 fully saturated rings. The number of hydrogen-bond donors (Lipinski definition) is 0. The number of halogens is 1. The molecule has 0 spiro atoms. The van der Waals surface area contributed by atoms with E-state index in [-0.39, 0.29) is 30.4 Å². The van der Waals surface area contributed by atoms with Crippen LogP contribution in [0.15, 0.2) is 66.7 Å². The van der Waals surface area contributed by atoms with Crippen LogP contribution in [-0.4, -0.2) is 19.4 Å². The molecule has 0 radical (unpaired) electrons. The fourth-order valence-electron chi connectivity index (χ4n) is 4.72. The third kappa shape index (κ3) is 3.02. The van der Waals surface area contributed by atoms with Crippen molar-refractivity contribution in [2.24, 2.45) is 5.92 Å². The summed E-state index contributed by atoms with van der Waals surface area (Å²) in [6.45, 7) is 2.30. The fourth-order valence-corrected chi connectivity index (χ4v) is 4.72. The number of fused-ring (bicyclic) bond motifs is 2. The first-order chi connectivity index (χ1) is 14.7. The first-order valence-electron chi connectivity index (χ1n) is 10.1. The average molecular weight is 404 g/mol. The monoisotopic (exact) mass is 404 g/mol. The van der Waals surface area contributed by atoms with Crippen LogP contribution in [0.3, 0.4) is 0 Å². The molecule has 3 unspecified atom stereocenters. The molecule has 3 aromatic carbocycles. The molecule has 3 atom stereocenters. The molecule has 3 aromatic rings. The quantitative estimate of drug-likeness (QED) is 0.574. The number of ether oxygens (including phenoxy) is 3. The Balaban J connectivity index is 1.68. The summed E-state index contributed by atoms with van der Waals surface area (Å²) in [5.74, 6) is -0.0735. The molecule has 5 heteroatoms. The lowest BCUT2D eigenvalue weighted by atomic mass is 9.79. The SMILES string of the molecule is CCOC(=O)C1C(c2ccc(F)cc2)c2ccccc2C1c1ccc2c(c1)OCO2. The van der Waals surface area contributed by atoms with E-state index >= 15 is 0 Å². The Bertz CT molecular complexity index is 1090. The molecule has 0 aromatic heterocycles. The predicted octanol–water partition coefficient (Wildman–Crippen LogP) is 5.01. The van der Waals surface area contributed by atoms with Gasteiger partial charge in [0.1, 0.15) is 5.82 Å². The lowest BCUT2D eigenvalue weighted by Crippen LogP contribution is -2.26. The topological polar surface area (TPSA) is 44.8 Å². The zero-order valence-electron chi connectivity index (χ0n) is 16.5. The lowest BCUT2D eigenvalue weighted by Gasteiger charge is -2.25. The zero-order chi connectivity index (χ0) is 20.7. The third-order valence-corrected chi connectivity index (χ3v) is 5.93. The van der Waals surface area contributed by atoms with Crippen LogP contribution in [0.5, 0.6) is 11.5 Å². The first kappa shape index (κ1) is 18.7. The number of benzene rings is 3. The highest BCUT2D eigenvalue weighted by Gasteiger charge is 2.47. The molecule has 0 N–H and O–H groups in total. The van der Waals surface area contributed by atoms with E-state index in [4.69, 9.17) is 14.2 Å². The van der Waals surface area contributed by atoms with Gasteiger partial charge >= 0.3 is 5.97 Å². The summed E-state index contributed by atoms with van der Waals surface area (Å²) in [6.07, 6.45) is 0. The van der Waals surface area contributed by atoms with Gasteiger partial charge < -0.3 is 14.2 Å². The van der Waals surface area contributed by atoms with Crippen molar-refractivity contribution in [2.45, 2.75) is 18.8 Å². The molecule has 2 aliphatic rings.